The van der Waals surface area contributed by atoms with Gasteiger partial charge in [-0.05, 0) is 59.5 Å². The van der Waals surface area contributed by atoms with Crippen molar-refractivity contribution in [3.63, 3.8) is 0 Å². The highest BCUT2D eigenvalue weighted by atomic mass is 127. The Bertz CT molecular complexity index is 467. The lowest BCUT2D eigenvalue weighted by Crippen LogP contribution is -2.03. The first kappa shape index (κ1) is 12.2. The molecule has 2 aromatic heterocycles. The molecule has 5 heteroatoms. The van der Waals surface area contributed by atoms with Crippen molar-refractivity contribution < 1.29 is 0 Å². The maximum Gasteiger partial charge on any atom is 0.131 e. The van der Waals surface area contributed by atoms with Gasteiger partial charge in [0.1, 0.15) is 15.8 Å². The number of nitrogens with zero attached hydrogens (tertiary/aromatic N) is 3. The summed E-state index contributed by atoms with van der Waals surface area (Å²) in [5.41, 5.74) is 8.19. The van der Waals surface area contributed by atoms with Crippen LogP contribution in [0.15, 0.2) is 30.9 Å². The van der Waals surface area contributed by atoms with E-state index in [9.17, 15) is 0 Å². The number of hydrogen-bond acceptors (Lipinski definition) is 4. The summed E-state index contributed by atoms with van der Waals surface area (Å²) in [5, 5.41) is 0. The van der Waals surface area contributed by atoms with Crippen LogP contribution >= 0.6 is 22.6 Å². The van der Waals surface area contributed by atoms with Crippen molar-refractivity contribution >= 4 is 28.4 Å². The second kappa shape index (κ2) is 5.90. The predicted octanol–water partition coefficient (Wildman–Crippen LogP) is 2.23. The topological polar surface area (TPSA) is 64.7 Å². The molecular formula is C12H13IN4. The molecule has 0 aliphatic carbocycles. The molecule has 2 aromatic rings. The van der Waals surface area contributed by atoms with Crippen molar-refractivity contribution in [1.82, 2.24) is 15.0 Å². The molecule has 0 aliphatic rings. The van der Waals surface area contributed by atoms with E-state index in [1.165, 1.54) is 11.9 Å². The molecule has 0 atom stereocenters. The first-order valence-corrected chi connectivity index (χ1v) is 6.49. The first-order valence-electron chi connectivity index (χ1n) is 5.41. The highest BCUT2D eigenvalue weighted by molar-refractivity contribution is 14.1. The molecular weight excluding hydrogens is 327 g/mol. The highest BCUT2D eigenvalue weighted by Crippen LogP contribution is 2.17. The van der Waals surface area contributed by atoms with E-state index in [1.54, 1.807) is 0 Å². The molecule has 4 nitrogen and oxygen atoms in total. The van der Waals surface area contributed by atoms with Gasteiger partial charge >= 0.3 is 0 Å². The molecule has 0 spiro atoms. The summed E-state index contributed by atoms with van der Waals surface area (Å²) >= 11 is 2.20. The van der Waals surface area contributed by atoms with Gasteiger partial charge in [-0.25, -0.2) is 9.97 Å². The molecule has 2 heterocycles. The number of aryl methyl sites for hydroxylation is 1. The van der Waals surface area contributed by atoms with E-state index in [2.05, 4.69) is 37.5 Å². The van der Waals surface area contributed by atoms with Crippen LogP contribution in [0.2, 0.25) is 0 Å². The van der Waals surface area contributed by atoms with E-state index in [1.807, 2.05) is 24.5 Å². The average Bonchev–Trinajstić information content (AvgIpc) is 2.34. The molecule has 2 rings (SSSR count). The monoisotopic (exact) mass is 340 g/mol. The van der Waals surface area contributed by atoms with Crippen LogP contribution in [0.1, 0.15) is 17.5 Å². The normalized spacial score (nSPS) is 10.4. The summed E-state index contributed by atoms with van der Waals surface area (Å²) in [7, 11) is 0. The van der Waals surface area contributed by atoms with Crippen LogP contribution in [0, 0.1) is 3.70 Å². The number of anilines is 1. The summed E-state index contributed by atoms with van der Waals surface area (Å²) < 4.78 is 0.949. The third-order valence-corrected chi connectivity index (χ3v) is 3.50. The summed E-state index contributed by atoms with van der Waals surface area (Å²) in [5.74, 6) is 0.596. The van der Waals surface area contributed by atoms with Gasteiger partial charge in [-0.2, -0.15) is 0 Å². The Hall–Kier alpha value is -1.24. The summed E-state index contributed by atoms with van der Waals surface area (Å²) in [4.78, 5) is 12.2. The molecule has 0 saturated carbocycles. The van der Waals surface area contributed by atoms with Gasteiger partial charge in [0.25, 0.3) is 0 Å². The first-order chi connectivity index (χ1) is 8.27. The van der Waals surface area contributed by atoms with Crippen molar-refractivity contribution in [3.05, 3.63) is 45.7 Å². The number of halogens is 1. The van der Waals surface area contributed by atoms with Crippen LogP contribution in [0.25, 0.3) is 0 Å². The zero-order chi connectivity index (χ0) is 12.1. The Morgan fingerprint density at radius 3 is 2.59 bits per heavy atom. The molecule has 0 aromatic carbocycles. The summed E-state index contributed by atoms with van der Waals surface area (Å²) in [6, 6.07) is 4.08. The third-order valence-electron chi connectivity index (χ3n) is 2.57. The van der Waals surface area contributed by atoms with Gasteiger partial charge in [-0.1, -0.05) is 0 Å². The molecule has 0 bridgehead atoms. The fourth-order valence-corrected chi connectivity index (χ4v) is 2.32. The molecule has 0 radical (unpaired) electrons. The van der Waals surface area contributed by atoms with E-state index in [0.29, 0.717) is 5.82 Å². The van der Waals surface area contributed by atoms with Gasteiger partial charge in [-0.3, -0.25) is 4.98 Å². The lowest BCUT2D eigenvalue weighted by molar-refractivity contribution is 0.807. The van der Waals surface area contributed by atoms with Crippen molar-refractivity contribution in [1.29, 1.82) is 0 Å². The lowest BCUT2D eigenvalue weighted by Gasteiger charge is -2.06. The molecule has 17 heavy (non-hydrogen) atoms. The molecule has 0 saturated heterocycles. The average molecular weight is 340 g/mol. The molecule has 2 N–H and O–H groups in total. The largest absolute Gasteiger partial charge is 0.383 e. The van der Waals surface area contributed by atoms with E-state index >= 15 is 0 Å². The van der Waals surface area contributed by atoms with E-state index < -0.39 is 0 Å². The molecule has 0 aliphatic heterocycles. The standard InChI is InChI=1S/C12H13IN4/c13-11-10(12(14)17-8-16-11)3-1-2-9-4-6-15-7-5-9/h4-8H,1-3H2,(H2,14,16,17). The van der Waals surface area contributed by atoms with E-state index in [0.717, 1.165) is 28.5 Å². The minimum atomic E-state index is 0.596. The fraction of sp³-hybridized carbons (Fsp3) is 0.250. The molecule has 0 amide bonds. The van der Waals surface area contributed by atoms with Gasteiger partial charge in [0, 0.05) is 18.0 Å². The minimum Gasteiger partial charge on any atom is -0.383 e. The van der Waals surface area contributed by atoms with E-state index in [4.69, 9.17) is 5.73 Å². The van der Waals surface area contributed by atoms with Crippen molar-refractivity contribution in [2.24, 2.45) is 0 Å². The molecule has 0 fully saturated rings. The Kier molecular flexibility index (Phi) is 4.24. The fourth-order valence-electron chi connectivity index (χ4n) is 1.65. The number of nitrogen functional groups attached to an aromatic ring is 1. The Labute approximate surface area is 114 Å². The SMILES string of the molecule is Nc1ncnc(I)c1CCCc1ccncc1. The van der Waals surface area contributed by atoms with Crippen LogP contribution < -0.4 is 5.73 Å². The highest BCUT2D eigenvalue weighted by Gasteiger charge is 2.06. The lowest BCUT2D eigenvalue weighted by atomic mass is 10.1. The van der Waals surface area contributed by atoms with Gasteiger partial charge in [-0.15, -0.1) is 0 Å². The summed E-state index contributed by atoms with van der Waals surface area (Å²) in [6.45, 7) is 0. The maximum absolute atomic E-state index is 5.83. The van der Waals surface area contributed by atoms with Crippen molar-refractivity contribution in [2.75, 3.05) is 5.73 Å². The minimum absolute atomic E-state index is 0.596. The van der Waals surface area contributed by atoms with Crippen LogP contribution in [0.3, 0.4) is 0 Å². The van der Waals surface area contributed by atoms with Crippen molar-refractivity contribution in [2.45, 2.75) is 19.3 Å². The third kappa shape index (κ3) is 3.36. The number of aromatic nitrogens is 3. The molecule has 0 unspecified atom stereocenters. The predicted molar refractivity (Wildman–Crippen MR) is 75.4 cm³/mol. The second-order valence-corrected chi connectivity index (χ2v) is 4.76. The number of hydrogen-bond donors (Lipinski definition) is 1. The van der Waals surface area contributed by atoms with Crippen LogP contribution in [-0.2, 0) is 12.8 Å². The van der Waals surface area contributed by atoms with Crippen LogP contribution in [0.5, 0.6) is 0 Å². The Morgan fingerprint density at radius 2 is 1.88 bits per heavy atom. The zero-order valence-electron chi connectivity index (χ0n) is 9.31. The Balaban J connectivity index is 1.95. The molecule has 88 valence electrons. The number of nitrogens with two attached hydrogens (primary N) is 1. The van der Waals surface area contributed by atoms with E-state index in [-0.39, 0.29) is 0 Å². The van der Waals surface area contributed by atoms with Crippen molar-refractivity contribution in [3.8, 4) is 0 Å². The quantitative estimate of drug-likeness (QED) is 0.685. The van der Waals surface area contributed by atoms with Gasteiger partial charge in [0.15, 0.2) is 0 Å². The van der Waals surface area contributed by atoms with Gasteiger partial charge < -0.3 is 5.73 Å². The van der Waals surface area contributed by atoms with Gasteiger partial charge in [0.2, 0.25) is 0 Å². The number of pyridine rings is 1. The maximum atomic E-state index is 5.83. The van der Waals surface area contributed by atoms with Crippen LogP contribution in [-0.4, -0.2) is 15.0 Å². The zero-order valence-corrected chi connectivity index (χ0v) is 11.5. The second-order valence-electron chi connectivity index (χ2n) is 3.74. The Morgan fingerprint density at radius 1 is 1.12 bits per heavy atom. The summed E-state index contributed by atoms with van der Waals surface area (Å²) in [6.07, 6.45) is 8.11. The number of rotatable bonds is 4. The van der Waals surface area contributed by atoms with Gasteiger partial charge in [0.05, 0.1) is 0 Å². The van der Waals surface area contributed by atoms with Crippen LogP contribution in [0.4, 0.5) is 5.82 Å². The smallest absolute Gasteiger partial charge is 0.131 e.